The SMILES string of the molecule is CCOc1ccc(CN(C)C(=O)C(=O)c2ccc(C)cc2)cc1. The van der Waals surface area contributed by atoms with Gasteiger partial charge in [0.25, 0.3) is 5.91 Å². The number of benzene rings is 2. The van der Waals surface area contributed by atoms with Crippen LogP contribution in [0, 0.1) is 6.92 Å². The van der Waals surface area contributed by atoms with E-state index in [-0.39, 0.29) is 0 Å². The molecule has 0 atom stereocenters. The molecule has 0 N–H and O–H groups in total. The molecule has 23 heavy (non-hydrogen) atoms. The zero-order chi connectivity index (χ0) is 16.8. The van der Waals surface area contributed by atoms with Gasteiger partial charge in [0, 0.05) is 19.2 Å². The highest BCUT2D eigenvalue weighted by atomic mass is 16.5. The Morgan fingerprint density at radius 3 is 2.17 bits per heavy atom. The highest BCUT2D eigenvalue weighted by Gasteiger charge is 2.20. The normalized spacial score (nSPS) is 10.2. The minimum Gasteiger partial charge on any atom is -0.494 e. The van der Waals surface area contributed by atoms with Crippen molar-refractivity contribution < 1.29 is 14.3 Å². The second-order valence-corrected chi connectivity index (χ2v) is 5.43. The lowest BCUT2D eigenvalue weighted by Crippen LogP contribution is -2.32. The van der Waals surface area contributed by atoms with E-state index in [2.05, 4.69) is 0 Å². The van der Waals surface area contributed by atoms with Gasteiger partial charge in [-0.25, -0.2) is 0 Å². The second-order valence-electron chi connectivity index (χ2n) is 5.43. The van der Waals surface area contributed by atoms with Gasteiger partial charge in [-0.15, -0.1) is 0 Å². The van der Waals surface area contributed by atoms with Crippen LogP contribution in [0.25, 0.3) is 0 Å². The molecule has 120 valence electrons. The molecule has 2 rings (SSSR count). The second kappa shape index (κ2) is 7.58. The molecule has 4 nitrogen and oxygen atoms in total. The van der Waals surface area contributed by atoms with Gasteiger partial charge >= 0.3 is 0 Å². The van der Waals surface area contributed by atoms with E-state index in [1.807, 2.05) is 50.2 Å². The lowest BCUT2D eigenvalue weighted by Gasteiger charge is -2.16. The Bertz CT molecular complexity index is 675. The van der Waals surface area contributed by atoms with Crippen molar-refractivity contribution in [2.24, 2.45) is 0 Å². The van der Waals surface area contributed by atoms with E-state index in [9.17, 15) is 9.59 Å². The quantitative estimate of drug-likeness (QED) is 0.608. The van der Waals surface area contributed by atoms with Crippen LogP contribution in [0.4, 0.5) is 0 Å². The summed E-state index contributed by atoms with van der Waals surface area (Å²) in [7, 11) is 1.63. The van der Waals surface area contributed by atoms with Gasteiger partial charge in [-0.3, -0.25) is 9.59 Å². The Kier molecular flexibility index (Phi) is 5.52. The molecule has 0 aliphatic heterocycles. The Morgan fingerprint density at radius 2 is 1.61 bits per heavy atom. The minimum atomic E-state index is -0.511. The van der Waals surface area contributed by atoms with Crippen LogP contribution in [0.3, 0.4) is 0 Å². The summed E-state index contributed by atoms with van der Waals surface area (Å²) in [6, 6.07) is 14.5. The molecule has 1 amide bonds. The highest BCUT2D eigenvalue weighted by molar-refractivity contribution is 6.42. The summed E-state index contributed by atoms with van der Waals surface area (Å²) in [4.78, 5) is 25.9. The van der Waals surface area contributed by atoms with Crippen LogP contribution in [0.2, 0.25) is 0 Å². The number of carbonyl (C=O) groups excluding carboxylic acids is 2. The molecular weight excluding hydrogens is 290 g/mol. The third-order valence-electron chi connectivity index (χ3n) is 3.51. The minimum absolute atomic E-state index is 0.378. The lowest BCUT2D eigenvalue weighted by atomic mass is 10.1. The highest BCUT2D eigenvalue weighted by Crippen LogP contribution is 2.14. The molecule has 2 aromatic carbocycles. The van der Waals surface area contributed by atoms with E-state index in [0.717, 1.165) is 16.9 Å². The summed E-state index contributed by atoms with van der Waals surface area (Å²) < 4.78 is 5.38. The van der Waals surface area contributed by atoms with Crippen LogP contribution in [0.15, 0.2) is 48.5 Å². The molecular formula is C19H21NO3. The molecule has 0 radical (unpaired) electrons. The fourth-order valence-electron chi connectivity index (χ4n) is 2.21. The number of Topliss-reactive ketones (excluding diaryl/α,β-unsaturated/α-hetero) is 1. The monoisotopic (exact) mass is 311 g/mol. The van der Waals surface area contributed by atoms with E-state index < -0.39 is 11.7 Å². The molecule has 0 aliphatic rings. The smallest absolute Gasteiger partial charge is 0.294 e. The maximum atomic E-state index is 12.3. The summed E-state index contributed by atoms with van der Waals surface area (Å²) in [6.45, 7) is 4.86. The van der Waals surface area contributed by atoms with Crippen LogP contribution >= 0.6 is 0 Å². The van der Waals surface area contributed by atoms with Crippen molar-refractivity contribution in [2.45, 2.75) is 20.4 Å². The first-order chi connectivity index (χ1) is 11.0. The molecule has 0 saturated heterocycles. The third kappa shape index (κ3) is 4.42. The number of hydrogen-bond donors (Lipinski definition) is 0. The molecule has 0 saturated carbocycles. The van der Waals surface area contributed by atoms with Crippen LogP contribution in [0.1, 0.15) is 28.4 Å². The molecule has 0 spiro atoms. The van der Waals surface area contributed by atoms with Crippen LogP contribution in [-0.2, 0) is 11.3 Å². The maximum Gasteiger partial charge on any atom is 0.294 e. The van der Waals surface area contributed by atoms with Crippen molar-refractivity contribution in [3.8, 4) is 5.75 Å². The van der Waals surface area contributed by atoms with E-state index in [0.29, 0.717) is 18.7 Å². The number of ether oxygens (including phenoxy) is 1. The predicted molar refractivity (Wildman–Crippen MR) is 89.6 cm³/mol. The summed E-state index contributed by atoms with van der Waals surface area (Å²) >= 11 is 0. The fourth-order valence-corrected chi connectivity index (χ4v) is 2.21. The Balaban J connectivity index is 2.01. The van der Waals surface area contributed by atoms with Crippen molar-refractivity contribution in [2.75, 3.05) is 13.7 Å². The van der Waals surface area contributed by atoms with Gasteiger partial charge in [-0.05, 0) is 31.5 Å². The number of hydrogen-bond acceptors (Lipinski definition) is 3. The Labute approximate surface area is 136 Å². The van der Waals surface area contributed by atoms with Crippen LogP contribution < -0.4 is 4.74 Å². The molecule has 0 unspecified atom stereocenters. The molecule has 2 aromatic rings. The van der Waals surface area contributed by atoms with Crippen molar-refractivity contribution in [3.63, 3.8) is 0 Å². The van der Waals surface area contributed by atoms with Crippen molar-refractivity contribution >= 4 is 11.7 Å². The number of nitrogens with zero attached hydrogens (tertiary/aromatic N) is 1. The fraction of sp³-hybridized carbons (Fsp3) is 0.263. The van der Waals surface area contributed by atoms with E-state index in [1.54, 1.807) is 19.2 Å². The maximum absolute atomic E-state index is 12.3. The topological polar surface area (TPSA) is 46.6 Å². The van der Waals surface area contributed by atoms with Gasteiger partial charge in [0.15, 0.2) is 0 Å². The molecule has 0 heterocycles. The summed E-state index contributed by atoms with van der Waals surface area (Å²) in [6.07, 6.45) is 0. The third-order valence-corrected chi connectivity index (χ3v) is 3.51. The molecule has 0 aliphatic carbocycles. The van der Waals surface area contributed by atoms with E-state index in [1.165, 1.54) is 4.90 Å². The summed E-state index contributed by atoms with van der Waals surface area (Å²) in [5.74, 6) is -0.206. The molecule has 0 bridgehead atoms. The van der Waals surface area contributed by atoms with E-state index >= 15 is 0 Å². The first-order valence-corrected chi connectivity index (χ1v) is 7.59. The first kappa shape index (κ1) is 16.7. The number of aryl methyl sites for hydroxylation is 1. The molecule has 0 fully saturated rings. The van der Waals surface area contributed by atoms with Gasteiger partial charge in [-0.1, -0.05) is 42.0 Å². The van der Waals surface area contributed by atoms with E-state index in [4.69, 9.17) is 4.74 Å². The summed E-state index contributed by atoms with van der Waals surface area (Å²) in [5.41, 5.74) is 2.41. The number of carbonyl (C=O) groups is 2. The number of likely N-dealkylation sites (N-methyl/N-ethyl adjacent to an activating group) is 1. The van der Waals surface area contributed by atoms with Crippen molar-refractivity contribution in [1.29, 1.82) is 0 Å². The van der Waals surface area contributed by atoms with Gasteiger partial charge in [-0.2, -0.15) is 0 Å². The Hall–Kier alpha value is -2.62. The van der Waals surface area contributed by atoms with Gasteiger partial charge in [0.1, 0.15) is 5.75 Å². The average Bonchev–Trinajstić information content (AvgIpc) is 2.56. The Morgan fingerprint density at radius 1 is 1.00 bits per heavy atom. The standard InChI is InChI=1S/C19H21NO3/c1-4-23-17-11-7-15(8-12-17)13-20(3)19(22)18(21)16-9-5-14(2)6-10-16/h5-12H,4,13H2,1-3H3. The van der Waals surface area contributed by atoms with Gasteiger partial charge in [0.05, 0.1) is 6.61 Å². The number of amides is 1. The zero-order valence-electron chi connectivity index (χ0n) is 13.7. The average molecular weight is 311 g/mol. The largest absolute Gasteiger partial charge is 0.494 e. The molecule has 4 heteroatoms. The zero-order valence-corrected chi connectivity index (χ0v) is 13.7. The number of rotatable bonds is 6. The van der Waals surface area contributed by atoms with Crippen LogP contribution in [0.5, 0.6) is 5.75 Å². The van der Waals surface area contributed by atoms with Crippen molar-refractivity contribution in [1.82, 2.24) is 4.90 Å². The van der Waals surface area contributed by atoms with Crippen LogP contribution in [-0.4, -0.2) is 30.2 Å². The predicted octanol–water partition coefficient (Wildman–Crippen LogP) is 3.24. The number of ketones is 1. The first-order valence-electron chi connectivity index (χ1n) is 7.59. The van der Waals surface area contributed by atoms with Gasteiger partial charge < -0.3 is 9.64 Å². The lowest BCUT2D eigenvalue weighted by molar-refractivity contribution is -0.125. The van der Waals surface area contributed by atoms with Crippen molar-refractivity contribution in [3.05, 3.63) is 65.2 Å². The van der Waals surface area contributed by atoms with Gasteiger partial charge in [0.2, 0.25) is 5.78 Å². The summed E-state index contributed by atoms with van der Waals surface area (Å²) in [5, 5.41) is 0. The molecule has 0 aromatic heterocycles.